The predicted molar refractivity (Wildman–Crippen MR) is 80.6 cm³/mol. The standard InChI is InChI=1S/C13H24N4O3S/c1-7-20-10(18)8-13(5,11-14-9-15-17(11)6)16-21(19)12(2,3)4/h9,16H,7-8H2,1-6H3/t13-,21+/m0/s1. The summed E-state index contributed by atoms with van der Waals surface area (Å²) in [4.78, 5) is 16.1. The second kappa shape index (κ2) is 6.65. The van der Waals surface area contributed by atoms with Crippen LogP contribution in [0.3, 0.4) is 0 Å². The average molecular weight is 316 g/mol. The van der Waals surface area contributed by atoms with Crippen LogP contribution in [0.25, 0.3) is 0 Å². The summed E-state index contributed by atoms with van der Waals surface area (Å²) in [5.41, 5.74) is -0.921. The summed E-state index contributed by atoms with van der Waals surface area (Å²) in [6.07, 6.45) is 1.43. The Balaban J connectivity index is 3.08. The number of ether oxygens (including phenoxy) is 1. The highest BCUT2D eigenvalue weighted by Gasteiger charge is 2.38. The van der Waals surface area contributed by atoms with Gasteiger partial charge < -0.3 is 4.74 Å². The molecule has 0 unspecified atom stereocenters. The molecule has 1 N–H and O–H groups in total. The van der Waals surface area contributed by atoms with Gasteiger partial charge >= 0.3 is 5.97 Å². The van der Waals surface area contributed by atoms with E-state index in [-0.39, 0.29) is 12.4 Å². The van der Waals surface area contributed by atoms with Crippen molar-refractivity contribution < 1.29 is 13.7 Å². The van der Waals surface area contributed by atoms with E-state index >= 15 is 0 Å². The number of hydrogen-bond acceptors (Lipinski definition) is 5. The molecule has 0 fully saturated rings. The van der Waals surface area contributed by atoms with Crippen LogP contribution in [0.15, 0.2) is 6.33 Å². The van der Waals surface area contributed by atoms with Crippen LogP contribution < -0.4 is 4.72 Å². The SMILES string of the molecule is CCOC(=O)C[C@](C)(N[S@](=O)C(C)(C)C)c1ncnn1C. The van der Waals surface area contributed by atoms with E-state index in [9.17, 15) is 9.00 Å². The molecule has 0 aromatic carbocycles. The monoisotopic (exact) mass is 316 g/mol. The Bertz CT molecular complexity index is 524. The van der Waals surface area contributed by atoms with Crippen LogP contribution in [0.5, 0.6) is 0 Å². The summed E-state index contributed by atoms with van der Waals surface area (Å²) >= 11 is 0. The lowest BCUT2D eigenvalue weighted by Gasteiger charge is -2.31. The van der Waals surface area contributed by atoms with Crippen LogP contribution in [-0.2, 0) is 33.1 Å². The number of aryl methyl sites for hydroxylation is 1. The molecule has 7 nitrogen and oxygen atoms in total. The molecule has 120 valence electrons. The molecule has 1 heterocycles. The van der Waals surface area contributed by atoms with Gasteiger partial charge in [0.2, 0.25) is 0 Å². The van der Waals surface area contributed by atoms with Crippen molar-refractivity contribution >= 4 is 17.0 Å². The fourth-order valence-corrected chi connectivity index (χ4v) is 2.69. The first kappa shape index (κ1) is 17.8. The van der Waals surface area contributed by atoms with Gasteiger partial charge in [-0.1, -0.05) is 0 Å². The van der Waals surface area contributed by atoms with E-state index in [1.54, 1.807) is 25.6 Å². The molecule has 2 atom stereocenters. The van der Waals surface area contributed by atoms with Gasteiger partial charge in [0.05, 0.1) is 34.3 Å². The van der Waals surface area contributed by atoms with E-state index in [2.05, 4.69) is 14.8 Å². The van der Waals surface area contributed by atoms with E-state index in [1.165, 1.54) is 6.33 Å². The van der Waals surface area contributed by atoms with Crippen LogP contribution in [0.1, 0.15) is 46.9 Å². The number of carbonyl (C=O) groups excluding carboxylic acids is 1. The second-order valence-electron chi connectivity index (χ2n) is 6.00. The number of nitrogens with zero attached hydrogens (tertiary/aromatic N) is 3. The first-order chi connectivity index (χ1) is 9.60. The molecule has 0 saturated heterocycles. The highest BCUT2D eigenvalue weighted by molar-refractivity contribution is 7.84. The molecule has 0 spiro atoms. The van der Waals surface area contributed by atoms with Crippen molar-refractivity contribution in [1.29, 1.82) is 0 Å². The Morgan fingerprint density at radius 3 is 2.48 bits per heavy atom. The normalized spacial score (nSPS) is 16.3. The average Bonchev–Trinajstić information content (AvgIpc) is 2.74. The Kier molecular flexibility index (Phi) is 5.63. The highest BCUT2D eigenvalue weighted by atomic mass is 32.2. The summed E-state index contributed by atoms with van der Waals surface area (Å²) in [7, 11) is 0.371. The van der Waals surface area contributed by atoms with Gasteiger partial charge in [-0.15, -0.1) is 0 Å². The number of carbonyl (C=O) groups is 1. The predicted octanol–water partition coefficient (Wildman–Crippen LogP) is 1.04. The number of aromatic nitrogens is 3. The van der Waals surface area contributed by atoms with Crippen LogP contribution in [0, 0.1) is 0 Å². The quantitative estimate of drug-likeness (QED) is 0.792. The highest BCUT2D eigenvalue weighted by Crippen LogP contribution is 2.25. The molecule has 0 aliphatic rings. The first-order valence-corrected chi connectivity index (χ1v) is 7.95. The van der Waals surface area contributed by atoms with Crippen LogP contribution in [0.2, 0.25) is 0 Å². The maximum Gasteiger partial charge on any atom is 0.308 e. The molecule has 1 aromatic heterocycles. The third-order valence-corrected chi connectivity index (χ3v) is 4.63. The maximum absolute atomic E-state index is 12.4. The fraction of sp³-hybridized carbons (Fsp3) is 0.769. The molecular formula is C13H24N4O3S. The van der Waals surface area contributed by atoms with E-state index in [0.29, 0.717) is 12.4 Å². The minimum Gasteiger partial charge on any atom is -0.466 e. The van der Waals surface area contributed by atoms with Crippen molar-refractivity contribution in [2.45, 2.75) is 51.3 Å². The van der Waals surface area contributed by atoms with Crippen molar-refractivity contribution in [2.24, 2.45) is 7.05 Å². The zero-order valence-electron chi connectivity index (χ0n) is 13.5. The minimum atomic E-state index is -1.36. The van der Waals surface area contributed by atoms with Crippen molar-refractivity contribution in [3.8, 4) is 0 Å². The summed E-state index contributed by atoms with van der Waals surface area (Å²) in [6.45, 7) is 9.40. The third kappa shape index (κ3) is 4.60. The van der Waals surface area contributed by atoms with Crippen molar-refractivity contribution in [3.63, 3.8) is 0 Å². The lowest BCUT2D eigenvalue weighted by Crippen LogP contribution is -2.49. The van der Waals surface area contributed by atoms with Gasteiger partial charge in [0, 0.05) is 7.05 Å². The van der Waals surface area contributed by atoms with E-state index in [4.69, 9.17) is 4.74 Å². The lowest BCUT2D eigenvalue weighted by atomic mass is 9.98. The summed E-state index contributed by atoms with van der Waals surface area (Å²) in [5, 5.41) is 4.02. The molecule has 0 bridgehead atoms. The van der Waals surface area contributed by atoms with Crippen molar-refractivity contribution in [1.82, 2.24) is 19.5 Å². The van der Waals surface area contributed by atoms with E-state index in [0.717, 1.165) is 0 Å². The minimum absolute atomic E-state index is 0.0230. The molecule has 0 aliphatic heterocycles. The van der Waals surface area contributed by atoms with Crippen molar-refractivity contribution in [3.05, 3.63) is 12.2 Å². The van der Waals surface area contributed by atoms with Gasteiger partial charge in [0.1, 0.15) is 12.2 Å². The Hall–Kier alpha value is -1.28. The number of esters is 1. The first-order valence-electron chi connectivity index (χ1n) is 6.80. The molecule has 1 rings (SSSR count). The third-order valence-electron chi connectivity index (χ3n) is 2.88. The van der Waals surface area contributed by atoms with Gasteiger partial charge in [-0.2, -0.15) is 5.10 Å². The number of nitrogens with one attached hydrogen (secondary N) is 1. The Morgan fingerprint density at radius 1 is 1.43 bits per heavy atom. The largest absolute Gasteiger partial charge is 0.466 e. The van der Waals surface area contributed by atoms with Gasteiger partial charge in [-0.05, 0) is 34.6 Å². The Morgan fingerprint density at radius 2 is 2.05 bits per heavy atom. The molecule has 0 amide bonds. The van der Waals surface area contributed by atoms with E-state index in [1.807, 2.05) is 20.8 Å². The Labute approximate surface area is 128 Å². The van der Waals surface area contributed by atoms with Crippen LogP contribution >= 0.6 is 0 Å². The summed E-state index contributed by atoms with van der Waals surface area (Å²) in [6, 6.07) is 0. The molecular weight excluding hydrogens is 292 g/mol. The smallest absolute Gasteiger partial charge is 0.308 e. The maximum atomic E-state index is 12.4. The summed E-state index contributed by atoms with van der Waals surface area (Å²) in [5.74, 6) is 0.162. The fourth-order valence-electron chi connectivity index (χ4n) is 1.81. The summed E-state index contributed by atoms with van der Waals surface area (Å²) < 4.78 is 21.5. The topological polar surface area (TPSA) is 86.1 Å². The zero-order valence-corrected chi connectivity index (χ0v) is 14.3. The molecule has 21 heavy (non-hydrogen) atoms. The number of hydrogen-bond donors (Lipinski definition) is 1. The lowest BCUT2D eigenvalue weighted by molar-refractivity contribution is -0.144. The van der Waals surface area contributed by atoms with Gasteiger partial charge in [-0.3, -0.25) is 9.48 Å². The van der Waals surface area contributed by atoms with Gasteiger partial charge in [0.25, 0.3) is 0 Å². The van der Waals surface area contributed by atoms with E-state index < -0.39 is 21.3 Å². The van der Waals surface area contributed by atoms with Gasteiger partial charge in [0.15, 0.2) is 0 Å². The van der Waals surface area contributed by atoms with Crippen molar-refractivity contribution in [2.75, 3.05) is 6.61 Å². The zero-order chi connectivity index (χ0) is 16.3. The second-order valence-corrected chi connectivity index (χ2v) is 7.97. The molecule has 0 aliphatic carbocycles. The van der Waals surface area contributed by atoms with Crippen LogP contribution in [-0.4, -0.2) is 36.3 Å². The molecule has 8 heteroatoms. The number of rotatable bonds is 6. The molecule has 0 saturated carbocycles. The van der Waals surface area contributed by atoms with Crippen LogP contribution in [0.4, 0.5) is 0 Å². The molecule has 0 radical (unpaired) electrons. The molecule has 1 aromatic rings. The van der Waals surface area contributed by atoms with Gasteiger partial charge in [-0.25, -0.2) is 13.9 Å².